The maximum absolute atomic E-state index is 4.02. The van der Waals surface area contributed by atoms with E-state index in [0.29, 0.717) is 6.54 Å². The molecule has 0 atom stereocenters. The van der Waals surface area contributed by atoms with Gasteiger partial charge < -0.3 is 0 Å². The molecule has 0 N–H and O–H groups in total. The summed E-state index contributed by atoms with van der Waals surface area (Å²) in [6.07, 6.45) is 1.77. The Labute approximate surface area is 57.5 Å². The Morgan fingerprint density at radius 3 is 3.22 bits per heavy atom. The van der Waals surface area contributed by atoms with Crippen LogP contribution in [-0.4, -0.2) is 12.0 Å². The molecule has 3 nitrogen and oxygen atoms in total. The van der Waals surface area contributed by atoms with Gasteiger partial charge in [0, 0.05) is 18.6 Å². The van der Waals surface area contributed by atoms with Crippen molar-refractivity contribution in [1.29, 1.82) is 0 Å². The average Bonchev–Trinajstić information content (AvgIpc) is 2.34. The molecule has 1 aromatic rings. The van der Waals surface area contributed by atoms with E-state index in [9.17, 15) is 0 Å². The van der Waals surface area contributed by atoms with Crippen molar-refractivity contribution in [3.05, 3.63) is 16.6 Å². The fourth-order valence-electron chi connectivity index (χ4n) is 0.462. The Bertz CT molecular complexity index is 180. The molecule has 0 aromatic carbocycles. The highest BCUT2D eigenvalue weighted by Crippen LogP contribution is 2.04. The molecule has 0 aliphatic carbocycles. The lowest BCUT2D eigenvalue weighted by atomic mass is 10.7. The van der Waals surface area contributed by atoms with Crippen molar-refractivity contribution in [2.45, 2.75) is 6.54 Å². The topological polar surface area (TPSA) is 37.6 Å². The predicted octanol–water partition coefficient (Wildman–Crippen LogP) is 1.73. The zero-order chi connectivity index (χ0) is 6.53. The van der Waals surface area contributed by atoms with E-state index < -0.39 is 0 Å². The number of rotatable bonds is 2. The van der Waals surface area contributed by atoms with E-state index in [-0.39, 0.29) is 0 Å². The summed E-state index contributed by atoms with van der Waals surface area (Å²) < 4.78 is 0. The first-order chi connectivity index (χ1) is 4.43. The molecule has 0 unspecified atom stereocenters. The van der Waals surface area contributed by atoms with Crippen molar-refractivity contribution in [2.24, 2.45) is 10.2 Å². The van der Waals surface area contributed by atoms with Crippen LogP contribution in [0.2, 0.25) is 0 Å². The smallest absolute Gasteiger partial charge is 0.116 e. The molecular weight excluding hydrogens is 134 g/mol. The molecular formula is C5H7N3S. The predicted molar refractivity (Wildman–Crippen MR) is 36.6 cm³/mol. The number of nitrogens with zero attached hydrogens (tertiary/aromatic N) is 3. The van der Waals surface area contributed by atoms with Crippen molar-refractivity contribution in [3.8, 4) is 0 Å². The van der Waals surface area contributed by atoms with Crippen LogP contribution in [0.5, 0.6) is 0 Å². The minimum atomic E-state index is 0.619. The summed E-state index contributed by atoms with van der Waals surface area (Å²) in [5.74, 6) is 0. The molecule has 9 heavy (non-hydrogen) atoms. The summed E-state index contributed by atoms with van der Waals surface area (Å²) in [4.78, 5) is 4.02. The van der Waals surface area contributed by atoms with E-state index in [1.54, 1.807) is 24.6 Å². The summed E-state index contributed by atoms with van der Waals surface area (Å²) in [7, 11) is 1.66. The zero-order valence-electron chi connectivity index (χ0n) is 5.11. The maximum atomic E-state index is 4.02. The van der Waals surface area contributed by atoms with Crippen molar-refractivity contribution in [3.63, 3.8) is 0 Å². The second-order valence-corrected chi connectivity index (χ2v) is 2.40. The van der Waals surface area contributed by atoms with E-state index in [2.05, 4.69) is 15.2 Å². The van der Waals surface area contributed by atoms with Crippen LogP contribution in [0.1, 0.15) is 5.01 Å². The van der Waals surface area contributed by atoms with Gasteiger partial charge in [0.1, 0.15) is 11.6 Å². The monoisotopic (exact) mass is 141 g/mol. The molecule has 0 saturated heterocycles. The van der Waals surface area contributed by atoms with E-state index in [0.717, 1.165) is 5.01 Å². The summed E-state index contributed by atoms with van der Waals surface area (Å²) in [6, 6.07) is 0. The number of aromatic nitrogens is 1. The molecule has 0 radical (unpaired) electrons. The van der Waals surface area contributed by atoms with Crippen LogP contribution >= 0.6 is 11.3 Å². The van der Waals surface area contributed by atoms with Gasteiger partial charge in [-0.05, 0) is 0 Å². The van der Waals surface area contributed by atoms with Gasteiger partial charge in [0.25, 0.3) is 0 Å². The molecule has 4 heteroatoms. The average molecular weight is 141 g/mol. The molecule has 0 aliphatic heterocycles. The second-order valence-electron chi connectivity index (χ2n) is 1.43. The molecule has 0 fully saturated rings. The molecule has 0 saturated carbocycles. The quantitative estimate of drug-likeness (QED) is 0.578. The Morgan fingerprint density at radius 2 is 2.67 bits per heavy atom. The third kappa shape index (κ3) is 1.89. The number of azo groups is 1. The van der Waals surface area contributed by atoms with Gasteiger partial charge in [-0.3, -0.25) is 0 Å². The second kappa shape index (κ2) is 3.29. The molecule has 1 heterocycles. The van der Waals surface area contributed by atoms with Crippen LogP contribution in [0, 0.1) is 0 Å². The van der Waals surface area contributed by atoms with Crippen LogP contribution in [0.15, 0.2) is 21.8 Å². The lowest BCUT2D eigenvalue weighted by Gasteiger charge is -1.81. The molecule has 1 aromatic heterocycles. The number of hydrogen-bond acceptors (Lipinski definition) is 4. The largest absolute Gasteiger partial charge is 0.248 e. The number of hydrogen-bond donors (Lipinski definition) is 0. The fraction of sp³-hybridized carbons (Fsp3) is 0.400. The van der Waals surface area contributed by atoms with Gasteiger partial charge in [-0.15, -0.1) is 11.3 Å². The number of thiazole rings is 1. The minimum Gasteiger partial charge on any atom is -0.248 e. The Hall–Kier alpha value is -0.770. The van der Waals surface area contributed by atoms with E-state index in [4.69, 9.17) is 0 Å². The van der Waals surface area contributed by atoms with Crippen LogP contribution in [0.4, 0.5) is 0 Å². The van der Waals surface area contributed by atoms with Gasteiger partial charge in [-0.1, -0.05) is 0 Å². The van der Waals surface area contributed by atoms with Gasteiger partial charge in [0.15, 0.2) is 0 Å². The van der Waals surface area contributed by atoms with Crippen molar-refractivity contribution >= 4 is 11.3 Å². The standard InChI is InChI=1S/C5H7N3S/c1-6-8-4-5-7-2-3-9-5/h2-3H,4H2,1H3. The van der Waals surface area contributed by atoms with Gasteiger partial charge in [-0.25, -0.2) is 4.98 Å². The lowest BCUT2D eigenvalue weighted by molar-refractivity contribution is 0.922. The van der Waals surface area contributed by atoms with Gasteiger partial charge >= 0.3 is 0 Å². The van der Waals surface area contributed by atoms with E-state index in [1.807, 2.05) is 5.38 Å². The van der Waals surface area contributed by atoms with Crippen LogP contribution in [0.25, 0.3) is 0 Å². The summed E-state index contributed by atoms with van der Waals surface area (Å²) in [5.41, 5.74) is 0. The van der Waals surface area contributed by atoms with Gasteiger partial charge in [0.05, 0.1) is 0 Å². The van der Waals surface area contributed by atoms with Crippen molar-refractivity contribution in [2.75, 3.05) is 7.05 Å². The third-order valence-electron chi connectivity index (χ3n) is 0.831. The molecule has 48 valence electrons. The highest BCUT2D eigenvalue weighted by atomic mass is 32.1. The first kappa shape index (κ1) is 6.35. The van der Waals surface area contributed by atoms with Gasteiger partial charge in [0.2, 0.25) is 0 Å². The van der Waals surface area contributed by atoms with Crippen LogP contribution in [0.3, 0.4) is 0 Å². The molecule has 0 aliphatic rings. The van der Waals surface area contributed by atoms with Crippen LogP contribution in [-0.2, 0) is 6.54 Å². The fourth-order valence-corrected chi connectivity index (χ4v) is 0.995. The van der Waals surface area contributed by atoms with Crippen molar-refractivity contribution < 1.29 is 0 Å². The Balaban J connectivity index is 2.48. The maximum Gasteiger partial charge on any atom is 0.116 e. The SMILES string of the molecule is CN=NCc1nccs1. The van der Waals surface area contributed by atoms with Crippen LogP contribution < -0.4 is 0 Å². The van der Waals surface area contributed by atoms with E-state index in [1.165, 1.54) is 0 Å². The highest BCUT2D eigenvalue weighted by Gasteiger charge is 1.89. The Morgan fingerprint density at radius 1 is 1.78 bits per heavy atom. The minimum absolute atomic E-state index is 0.619. The zero-order valence-corrected chi connectivity index (χ0v) is 5.93. The van der Waals surface area contributed by atoms with E-state index >= 15 is 0 Å². The first-order valence-electron chi connectivity index (χ1n) is 2.57. The summed E-state index contributed by atoms with van der Waals surface area (Å²) in [5, 5.41) is 10.3. The normalized spacial score (nSPS) is 10.8. The summed E-state index contributed by atoms with van der Waals surface area (Å²) >= 11 is 1.60. The third-order valence-corrected chi connectivity index (χ3v) is 1.60. The van der Waals surface area contributed by atoms with Crippen molar-refractivity contribution in [1.82, 2.24) is 4.98 Å². The Kier molecular flexibility index (Phi) is 2.32. The molecule has 0 spiro atoms. The summed E-state index contributed by atoms with van der Waals surface area (Å²) in [6.45, 7) is 0.619. The molecule has 0 amide bonds. The lowest BCUT2D eigenvalue weighted by Crippen LogP contribution is -1.74. The highest BCUT2D eigenvalue weighted by molar-refractivity contribution is 7.09. The first-order valence-corrected chi connectivity index (χ1v) is 3.45. The molecule has 1 rings (SSSR count). The molecule has 0 bridgehead atoms. The van der Waals surface area contributed by atoms with Gasteiger partial charge in [-0.2, -0.15) is 10.2 Å².